The van der Waals surface area contributed by atoms with Crippen molar-refractivity contribution in [2.24, 2.45) is 5.92 Å². The number of H-pyrrole nitrogens is 1. The molecule has 0 spiro atoms. The monoisotopic (exact) mass is 413 g/mol. The number of rotatable bonds is 8. The van der Waals surface area contributed by atoms with E-state index in [4.69, 9.17) is 9.47 Å². The minimum atomic E-state index is -4.50. The number of aliphatic hydroxyl groups is 1. The number of alkyl halides is 3. The van der Waals surface area contributed by atoms with Crippen LogP contribution in [0.15, 0.2) is 30.5 Å². The number of nitrogens with zero attached hydrogens (tertiary/aromatic N) is 2. The lowest BCUT2D eigenvalue weighted by Gasteiger charge is -2.32. The predicted molar refractivity (Wildman–Crippen MR) is 102 cm³/mol. The Hall–Kier alpha value is -2.10. The third kappa shape index (κ3) is 6.19. The second kappa shape index (κ2) is 9.60. The molecule has 9 heteroatoms. The Bertz CT molecular complexity index is 760. The SMILES string of the molecule is COCC1CCN(CC(O)COc2cc(-c3ccn[nH]3)cc(C(F)(F)F)c2)CC1. The maximum Gasteiger partial charge on any atom is 0.416 e. The summed E-state index contributed by atoms with van der Waals surface area (Å²) in [6, 6.07) is 5.08. The van der Waals surface area contributed by atoms with Crippen LogP contribution in [0.25, 0.3) is 11.3 Å². The van der Waals surface area contributed by atoms with Crippen LogP contribution in [0.4, 0.5) is 13.2 Å². The highest BCUT2D eigenvalue weighted by Gasteiger charge is 2.32. The molecule has 1 unspecified atom stereocenters. The summed E-state index contributed by atoms with van der Waals surface area (Å²) in [7, 11) is 1.69. The molecule has 1 aromatic carbocycles. The summed E-state index contributed by atoms with van der Waals surface area (Å²) >= 11 is 0. The number of likely N-dealkylation sites (tertiary alicyclic amines) is 1. The van der Waals surface area contributed by atoms with Gasteiger partial charge < -0.3 is 19.5 Å². The Labute approximate surface area is 167 Å². The van der Waals surface area contributed by atoms with E-state index < -0.39 is 17.8 Å². The van der Waals surface area contributed by atoms with Gasteiger partial charge in [-0.15, -0.1) is 0 Å². The van der Waals surface area contributed by atoms with Gasteiger partial charge in [-0.25, -0.2) is 0 Å². The lowest BCUT2D eigenvalue weighted by atomic mass is 9.97. The minimum absolute atomic E-state index is 0.0577. The molecule has 29 heavy (non-hydrogen) atoms. The summed E-state index contributed by atoms with van der Waals surface area (Å²) in [6.07, 6.45) is -1.82. The Morgan fingerprint density at radius 3 is 2.66 bits per heavy atom. The maximum atomic E-state index is 13.2. The predicted octanol–water partition coefficient (Wildman–Crippen LogP) is 3.19. The molecule has 1 saturated heterocycles. The molecule has 2 heterocycles. The molecule has 0 amide bonds. The van der Waals surface area contributed by atoms with Crippen LogP contribution in [0, 0.1) is 5.92 Å². The van der Waals surface area contributed by atoms with Crippen molar-refractivity contribution in [3.05, 3.63) is 36.0 Å². The van der Waals surface area contributed by atoms with E-state index in [0.717, 1.165) is 44.7 Å². The molecule has 1 aromatic heterocycles. The number of aliphatic hydroxyl groups excluding tert-OH is 1. The molecule has 1 aliphatic heterocycles. The maximum absolute atomic E-state index is 13.2. The summed E-state index contributed by atoms with van der Waals surface area (Å²) in [5.74, 6) is 0.595. The first-order valence-electron chi connectivity index (χ1n) is 9.59. The number of ether oxygens (including phenoxy) is 2. The number of hydrogen-bond acceptors (Lipinski definition) is 5. The van der Waals surface area contributed by atoms with Gasteiger partial charge in [0.1, 0.15) is 18.5 Å². The van der Waals surface area contributed by atoms with Crippen molar-refractivity contribution in [1.29, 1.82) is 0 Å². The molecule has 160 valence electrons. The number of piperidine rings is 1. The lowest BCUT2D eigenvalue weighted by Crippen LogP contribution is -2.41. The molecule has 2 N–H and O–H groups in total. The van der Waals surface area contributed by atoms with Gasteiger partial charge in [0.25, 0.3) is 0 Å². The molecule has 1 atom stereocenters. The van der Waals surface area contributed by atoms with E-state index >= 15 is 0 Å². The van der Waals surface area contributed by atoms with Crippen molar-refractivity contribution in [2.75, 3.05) is 40.0 Å². The van der Waals surface area contributed by atoms with Crippen LogP contribution >= 0.6 is 0 Å². The number of halogens is 3. The van der Waals surface area contributed by atoms with Gasteiger partial charge in [0.2, 0.25) is 0 Å². The number of aromatic amines is 1. The molecule has 1 aliphatic rings. The van der Waals surface area contributed by atoms with Crippen LogP contribution < -0.4 is 4.74 Å². The van der Waals surface area contributed by atoms with Crippen LogP contribution in [-0.4, -0.2) is 66.3 Å². The number of benzene rings is 1. The number of nitrogens with one attached hydrogen (secondary N) is 1. The summed E-state index contributed by atoms with van der Waals surface area (Å²) in [5.41, 5.74) is -0.0308. The zero-order valence-corrected chi connectivity index (χ0v) is 16.3. The van der Waals surface area contributed by atoms with E-state index in [1.807, 2.05) is 0 Å². The van der Waals surface area contributed by atoms with E-state index in [0.29, 0.717) is 23.7 Å². The van der Waals surface area contributed by atoms with Crippen molar-refractivity contribution >= 4 is 0 Å². The quantitative estimate of drug-likeness (QED) is 0.696. The Balaban J connectivity index is 1.59. The highest BCUT2D eigenvalue weighted by molar-refractivity contribution is 5.62. The number of methoxy groups -OCH3 is 1. The highest BCUT2D eigenvalue weighted by Crippen LogP contribution is 2.35. The van der Waals surface area contributed by atoms with Crippen molar-refractivity contribution in [2.45, 2.75) is 25.1 Å². The number of aromatic nitrogens is 2. The Kier molecular flexibility index (Phi) is 7.15. The van der Waals surface area contributed by atoms with Crippen molar-refractivity contribution in [3.8, 4) is 17.0 Å². The number of β-amino-alcohol motifs (C(OH)–C–C–N with tert-alkyl or cyclic N) is 1. The van der Waals surface area contributed by atoms with Gasteiger partial charge >= 0.3 is 6.18 Å². The van der Waals surface area contributed by atoms with Crippen LogP contribution in [0.5, 0.6) is 5.75 Å². The first kappa shape index (κ1) is 21.6. The van der Waals surface area contributed by atoms with E-state index in [-0.39, 0.29) is 12.4 Å². The fraction of sp³-hybridized carbons (Fsp3) is 0.550. The van der Waals surface area contributed by atoms with Crippen LogP contribution in [0.1, 0.15) is 18.4 Å². The summed E-state index contributed by atoms with van der Waals surface area (Å²) in [5, 5.41) is 16.7. The van der Waals surface area contributed by atoms with Crippen LogP contribution in [0.3, 0.4) is 0 Å². The first-order chi connectivity index (χ1) is 13.8. The summed E-state index contributed by atoms with van der Waals surface area (Å²) in [6.45, 7) is 2.80. The summed E-state index contributed by atoms with van der Waals surface area (Å²) in [4.78, 5) is 2.14. The third-order valence-electron chi connectivity index (χ3n) is 5.07. The van der Waals surface area contributed by atoms with E-state index in [9.17, 15) is 18.3 Å². The Morgan fingerprint density at radius 1 is 1.28 bits per heavy atom. The molecule has 6 nitrogen and oxygen atoms in total. The average Bonchev–Trinajstić information content (AvgIpc) is 3.22. The fourth-order valence-corrected chi connectivity index (χ4v) is 3.53. The van der Waals surface area contributed by atoms with Gasteiger partial charge in [0.05, 0.1) is 11.3 Å². The summed E-state index contributed by atoms with van der Waals surface area (Å²) < 4.78 is 50.4. The zero-order valence-electron chi connectivity index (χ0n) is 16.3. The Morgan fingerprint density at radius 2 is 2.03 bits per heavy atom. The first-order valence-corrected chi connectivity index (χ1v) is 9.59. The normalized spacial score (nSPS) is 17.4. The fourth-order valence-electron chi connectivity index (χ4n) is 3.53. The molecule has 0 bridgehead atoms. The van der Waals surface area contributed by atoms with Gasteiger partial charge in [-0.05, 0) is 56.1 Å². The van der Waals surface area contributed by atoms with E-state index in [2.05, 4.69) is 15.1 Å². The molecular weight excluding hydrogens is 387 g/mol. The van der Waals surface area contributed by atoms with Crippen molar-refractivity contribution in [1.82, 2.24) is 15.1 Å². The lowest BCUT2D eigenvalue weighted by molar-refractivity contribution is -0.137. The van der Waals surface area contributed by atoms with E-state index in [1.165, 1.54) is 12.3 Å². The molecular formula is C20H26F3N3O3. The smallest absolute Gasteiger partial charge is 0.416 e. The van der Waals surface area contributed by atoms with Crippen molar-refractivity contribution in [3.63, 3.8) is 0 Å². The molecule has 2 aromatic rings. The molecule has 3 rings (SSSR count). The van der Waals surface area contributed by atoms with Gasteiger partial charge in [0, 0.05) is 32.0 Å². The average molecular weight is 413 g/mol. The molecule has 0 aliphatic carbocycles. The highest BCUT2D eigenvalue weighted by atomic mass is 19.4. The molecule has 0 radical (unpaired) electrons. The second-order valence-corrected chi connectivity index (χ2v) is 7.38. The third-order valence-corrected chi connectivity index (χ3v) is 5.07. The largest absolute Gasteiger partial charge is 0.491 e. The van der Waals surface area contributed by atoms with Gasteiger partial charge in [-0.2, -0.15) is 18.3 Å². The van der Waals surface area contributed by atoms with Gasteiger partial charge in [-0.1, -0.05) is 0 Å². The van der Waals surface area contributed by atoms with Crippen molar-refractivity contribution < 1.29 is 27.8 Å². The van der Waals surface area contributed by atoms with Gasteiger partial charge in [0.15, 0.2) is 0 Å². The second-order valence-electron chi connectivity index (χ2n) is 7.38. The van der Waals surface area contributed by atoms with Gasteiger partial charge in [-0.3, -0.25) is 5.10 Å². The zero-order chi connectivity index (χ0) is 20.9. The van der Waals surface area contributed by atoms with E-state index in [1.54, 1.807) is 13.2 Å². The van der Waals surface area contributed by atoms with Crippen LogP contribution in [0.2, 0.25) is 0 Å². The molecule has 0 saturated carbocycles. The topological polar surface area (TPSA) is 70.6 Å². The number of hydrogen-bond donors (Lipinski definition) is 2. The minimum Gasteiger partial charge on any atom is -0.491 e. The molecule has 1 fully saturated rings. The standard InChI is InChI=1S/C20H26F3N3O3/c1-28-12-14-3-6-26(7-4-14)11-17(27)13-29-18-9-15(19-2-5-24-25-19)8-16(10-18)20(21,22)23/h2,5,8-10,14,17,27H,3-4,6-7,11-13H2,1H3,(H,24,25). The van der Waals surface area contributed by atoms with Crippen LogP contribution in [-0.2, 0) is 10.9 Å².